The minimum absolute atomic E-state index is 0. The van der Waals surface area contributed by atoms with E-state index in [2.05, 4.69) is 30.8 Å². The maximum atomic E-state index is 5.95. The van der Waals surface area contributed by atoms with Crippen molar-refractivity contribution in [3.05, 3.63) is 48.5 Å². The van der Waals surface area contributed by atoms with Crippen molar-refractivity contribution in [1.29, 1.82) is 0 Å². The van der Waals surface area contributed by atoms with E-state index in [0.717, 1.165) is 29.8 Å². The summed E-state index contributed by atoms with van der Waals surface area (Å²) in [5.41, 5.74) is 0. The Morgan fingerprint density at radius 3 is 2.87 bits per heavy atom. The standard InChI is InChI=1S/C20H24N6O3.HI/c1-2-21-20(23-12-14-13-28-15-6-3-4-7-16(15)29-14)22-10-9-18-24-19(26-25-18)17-8-5-11-27-17;/h3-8,11,14H,2,9-10,12-13H2,1H3,(H2,21,22,23)(H,24,25,26);1H. The second-order valence-electron chi connectivity index (χ2n) is 6.48. The number of H-pyrrole nitrogens is 1. The molecule has 1 unspecified atom stereocenters. The second-order valence-corrected chi connectivity index (χ2v) is 6.48. The summed E-state index contributed by atoms with van der Waals surface area (Å²) in [6.07, 6.45) is 2.16. The lowest BCUT2D eigenvalue weighted by molar-refractivity contribution is 0.0971. The zero-order chi connectivity index (χ0) is 19.9. The summed E-state index contributed by atoms with van der Waals surface area (Å²) < 4.78 is 17.0. The number of halogens is 1. The maximum Gasteiger partial charge on any atom is 0.216 e. The molecule has 0 radical (unpaired) electrons. The Kier molecular flexibility index (Phi) is 7.94. The van der Waals surface area contributed by atoms with Crippen LogP contribution in [0, 0.1) is 0 Å². The van der Waals surface area contributed by atoms with Crippen molar-refractivity contribution in [1.82, 2.24) is 25.8 Å². The fourth-order valence-corrected chi connectivity index (χ4v) is 2.91. The third-order valence-electron chi connectivity index (χ3n) is 4.29. The largest absolute Gasteiger partial charge is 0.486 e. The summed E-state index contributed by atoms with van der Waals surface area (Å²) in [6.45, 7) is 4.42. The lowest BCUT2D eigenvalue weighted by atomic mass is 10.2. The van der Waals surface area contributed by atoms with Crippen molar-refractivity contribution >= 4 is 29.9 Å². The molecule has 0 spiro atoms. The Labute approximate surface area is 191 Å². The van der Waals surface area contributed by atoms with E-state index >= 15 is 0 Å². The number of rotatable bonds is 7. The minimum atomic E-state index is -0.120. The van der Waals surface area contributed by atoms with Crippen LogP contribution >= 0.6 is 24.0 Å². The zero-order valence-electron chi connectivity index (χ0n) is 16.6. The van der Waals surface area contributed by atoms with Gasteiger partial charge in [0.05, 0.1) is 12.8 Å². The molecule has 0 bridgehead atoms. The molecule has 0 aliphatic carbocycles. The number of aromatic nitrogens is 3. The van der Waals surface area contributed by atoms with Crippen LogP contribution in [0.15, 0.2) is 52.1 Å². The number of para-hydroxylation sites is 2. The molecule has 30 heavy (non-hydrogen) atoms. The summed E-state index contributed by atoms with van der Waals surface area (Å²) in [6, 6.07) is 11.3. The van der Waals surface area contributed by atoms with E-state index in [1.165, 1.54) is 0 Å². The molecule has 3 heterocycles. The lowest BCUT2D eigenvalue weighted by Crippen LogP contribution is -2.40. The molecule has 0 saturated carbocycles. The van der Waals surface area contributed by atoms with Gasteiger partial charge in [-0.15, -0.1) is 24.0 Å². The van der Waals surface area contributed by atoms with Gasteiger partial charge in [-0.3, -0.25) is 5.10 Å². The van der Waals surface area contributed by atoms with Crippen molar-refractivity contribution in [3.8, 4) is 23.1 Å². The number of nitrogens with one attached hydrogen (secondary N) is 3. The van der Waals surface area contributed by atoms with Gasteiger partial charge in [0, 0.05) is 19.5 Å². The number of fused-ring (bicyclic) bond motifs is 1. The van der Waals surface area contributed by atoms with Crippen molar-refractivity contribution in [2.45, 2.75) is 19.4 Å². The monoisotopic (exact) mass is 524 g/mol. The quantitative estimate of drug-likeness (QED) is 0.248. The van der Waals surface area contributed by atoms with E-state index in [9.17, 15) is 0 Å². The van der Waals surface area contributed by atoms with Gasteiger partial charge in [0.2, 0.25) is 5.82 Å². The van der Waals surface area contributed by atoms with Gasteiger partial charge in [0.25, 0.3) is 0 Å². The third kappa shape index (κ3) is 5.65. The summed E-state index contributed by atoms with van der Waals surface area (Å²) in [5.74, 6) is 4.24. The average Bonchev–Trinajstić information content (AvgIpc) is 3.44. The topological polar surface area (TPSA) is 110 Å². The van der Waals surface area contributed by atoms with E-state index < -0.39 is 0 Å². The molecule has 9 nitrogen and oxygen atoms in total. The Morgan fingerprint density at radius 1 is 1.20 bits per heavy atom. The fraction of sp³-hybridized carbons (Fsp3) is 0.350. The molecule has 1 atom stereocenters. The highest BCUT2D eigenvalue weighted by Gasteiger charge is 2.20. The summed E-state index contributed by atoms with van der Waals surface area (Å²) in [4.78, 5) is 9.05. The molecule has 10 heteroatoms. The minimum Gasteiger partial charge on any atom is -0.486 e. The second kappa shape index (κ2) is 10.9. The predicted molar refractivity (Wildman–Crippen MR) is 124 cm³/mol. The number of ether oxygens (including phenoxy) is 2. The van der Waals surface area contributed by atoms with Crippen molar-refractivity contribution in [3.63, 3.8) is 0 Å². The summed E-state index contributed by atoms with van der Waals surface area (Å²) in [7, 11) is 0. The number of hydrogen-bond donors (Lipinski definition) is 3. The van der Waals surface area contributed by atoms with Gasteiger partial charge < -0.3 is 24.5 Å². The highest BCUT2D eigenvalue weighted by Crippen LogP contribution is 2.30. The number of furan rings is 1. The fourth-order valence-electron chi connectivity index (χ4n) is 2.91. The van der Waals surface area contributed by atoms with Crippen LogP contribution in [-0.4, -0.2) is 53.5 Å². The van der Waals surface area contributed by atoms with Gasteiger partial charge in [-0.2, -0.15) is 5.10 Å². The maximum absolute atomic E-state index is 5.95. The highest BCUT2D eigenvalue weighted by atomic mass is 127. The molecule has 160 valence electrons. The van der Waals surface area contributed by atoms with Gasteiger partial charge in [0.1, 0.15) is 12.4 Å². The molecule has 0 amide bonds. The lowest BCUT2D eigenvalue weighted by Gasteiger charge is -2.25. The van der Waals surface area contributed by atoms with Gasteiger partial charge in [-0.25, -0.2) is 9.98 Å². The molecular weight excluding hydrogens is 499 g/mol. The molecule has 1 aliphatic heterocycles. The van der Waals surface area contributed by atoms with Crippen LogP contribution in [0.25, 0.3) is 11.6 Å². The highest BCUT2D eigenvalue weighted by molar-refractivity contribution is 14.0. The summed E-state index contributed by atoms with van der Waals surface area (Å²) in [5, 5.41) is 13.6. The Hall–Kier alpha value is -2.76. The molecule has 3 N–H and O–H groups in total. The first-order valence-electron chi connectivity index (χ1n) is 9.67. The molecule has 4 rings (SSSR count). The first-order valence-corrected chi connectivity index (χ1v) is 9.67. The number of aliphatic imine (C=N–C) groups is 1. The van der Waals surface area contributed by atoms with Crippen LogP contribution in [0.5, 0.6) is 11.5 Å². The molecular formula is C20H25IN6O3. The molecule has 0 fully saturated rings. The van der Waals surface area contributed by atoms with E-state index in [0.29, 0.717) is 37.7 Å². The van der Waals surface area contributed by atoms with Crippen molar-refractivity contribution in [2.75, 3.05) is 26.2 Å². The van der Waals surface area contributed by atoms with Gasteiger partial charge in [-0.05, 0) is 31.2 Å². The Morgan fingerprint density at radius 2 is 2.07 bits per heavy atom. The smallest absolute Gasteiger partial charge is 0.216 e. The van der Waals surface area contributed by atoms with Crippen LogP contribution in [0.3, 0.4) is 0 Å². The average molecular weight is 524 g/mol. The number of aromatic amines is 1. The van der Waals surface area contributed by atoms with Gasteiger partial charge in [0.15, 0.2) is 29.3 Å². The molecule has 1 aromatic carbocycles. The van der Waals surface area contributed by atoms with Crippen molar-refractivity contribution in [2.24, 2.45) is 4.99 Å². The van der Waals surface area contributed by atoms with E-state index in [-0.39, 0.29) is 30.1 Å². The van der Waals surface area contributed by atoms with Crippen LogP contribution in [0.2, 0.25) is 0 Å². The van der Waals surface area contributed by atoms with Crippen LogP contribution in [-0.2, 0) is 6.42 Å². The van der Waals surface area contributed by atoms with E-state index in [1.807, 2.05) is 43.3 Å². The summed E-state index contributed by atoms with van der Waals surface area (Å²) >= 11 is 0. The number of benzene rings is 1. The third-order valence-corrected chi connectivity index (χ3v) is 4.29. The normalized spacial score (nSPS) is 15.4. The predicted octanol–water partition coefficient (Wildman–Crippen LogP) is 2.62. The zero-order valence-corrected chi connectivity index (χ0v) is 19.0. The first-order chi connectivity index (χ1) is 14.3. The van der Waals surface area contributed by atoms with Gasteiger partial charge >= 0.3 is 0 Å². The van der Waals surface area contributed by atoms with E-state index in [4.69, 9.17) is 13.9 Å². The van der Waals surface area contributed by atoms with Crippen molar-refractivity contribution < 1.29 is 13.9 Å². The molecule has 1 aliphatic rings. The number of hydrogen-bond acceptors (Lipinski definition) is 6. The van der Waals surface area contributed by atoms with Crippen LogP contribution < -0.4 is 20.1 Å². The molecule has 2 aromatic heterocycles. The SMILES string of the molecule is CCNC(=NCC1COc2ccccc2O1)NCCc1nc(-c2ccco2)n[nH]1.I. The number of nitrogens with zero attached hydrogens (tertiary/aromatic N) is 3. The van der Waals surface area contributed by atoms with Crippen LogP contribution in [0.4, 0.5) is 0 Å². The van der Waals surface area contributed by atoms with Gasteiger partial charge in [-0.1, -0.05) is 12.1 Å². The first kappa shape index (κ1) is 21.9. The van der Waals surface area contributed by atoms with Crippen LogP contribution in [0.1, 0.15) is 12.7 Å². The molecule has 0 saturated heterocycles. The molecule has 3 aromatic rings. The Balaban J connectivity index is 0.00000256. The Bertz CT molecular complexity index is 944. The number of guanidine groups is 1. The van der Waals surface area contributed by atoms with E-state index in [1.54, 1.807) is 6.26 Å².